The number of rotatable bonds is 4. The van der Waals surface area contributed by atoms with Crippen LogP contribution >= 0.6 is 0 Å². The van der Waals surface area contributed by atoms with E-state index in [0.29, 0.717) is 11.3 Å². The number of hydrogen-bond donors (Lipinski definition) is 0. The van der Waals surface area contributed by atoms with Gasteiger partial charge in [0.25, 0.3) is 5.91 Å². The molecular weight excluding hydrogens is 341 g/mol. The molecule has 0 saturated heterocycles. The van der Waals surface area contributed by atoms with Crippen molar-refractivity contribution in [2.45, 2.75) is 12.7 Å². The zero-order valence-corrected chi connectivity index (χ0v) is 13.6. The van der Waals surface area contributed by atoms with Gasteiger partial charge in [-0.05, 0) is 42.0 Å². The fraction of sp³-hybridized carbons (Fsp3) is 0.100. The van der Waals surface area contributed by atoms with Crippen molar-refractivity contribution in [3.05, 3.63) is 95.8 Å². The van der Waals surface area contributed by atoms with Crippen molar-refractivity contribution in [2.75, 3.05) is 4.90 Å². The van der Waals surface area contributed by atoms with Crippen LogP contribution in [0.25, 0.3) is 0 Å². The van der Waals surface area contributed by atoms with Crippen molar-refractivity contribution >= 4 is 11.6 Å². The van der Waals surface area contributed by atoms with Gasteiger partial charge in [-0.2, -0.15) is 13.2 Å². The molecule has 1 aromatic heterocycles. The van der Waals surface area contributed by atoms with Crippen LogP contribution in [0, 0.1) is 0 Å². The summed E-state index contributed by atoms with van der Waals surface area (Å²) in [6, 6.07) is 17.0. The van der Waals surface area contributed by atoms with E-state index in [1.54, 1.807) is 12.1 Å². The average Bonchev–Trinajstić information content (AvgIpc) is 2.66. The SMILES string of the molecule is O=C(c1ccncc1)N(Cc1ccccc1)c1ccc(C(F)(F)F)cc1. The Morgan fingerprint density at radius 1 is 0.885 bits per heavy atom. The van der Waals surface area contributed by atoms with Crippen LogP contribution in [0.2, 0.25) is 0 Å². The largest absolute Gasteiger partial charge is 0.416 e. The Morgan fingerprint density at radius 2 is 1.50 bits per heavy atom. The molecule has 0 spiro atoms. The molecule has 0 aliphatic rings. The van der Waals surface area contributed by atoms with Crippen molar-refractivity contribution in [3.8, 4) is 0 Å². The normalized spacial score (nSPS) is 11.2. The maximum atomic E-state index is 12.9. The molecule has 6 heteroatoms. The fourth-order valence-electron chi connectivity index (χ4n) is 2.53. The predicted octanol–water partition coefficient (Wildman–Crippen LogP) is 4.95. The topological polar surface area (TPSA) is 33.2 Å². The van der Waals surface area contributed by atoms with Crippen molar-refractivity contribution in [3.63, 3.8) is 0 Å². The lowest BCUT2D eigenvalue weighted by Crippen LogP contribution is -2.30. The highest BCUT2D eigenvalue weighted by Crippen LogP contribution is 2.31. The van der Waals surface area contributed by atoms with E-state index in [1.807, 2.05) is 30.3 Å². The number of aromatic nitrogens is 1. The Hall–Kier alpha value is -3.15. The summed E-state index contributed by atoms with van der Waals surface area (Å²) in [6.45, 7) is 0.243. The number of alkyl halides is 3. The number of anilines is 1. The van der Waals surface area contributed by atoms with Crippen molar-refractivity contribution in [1.82, 2.24) is 4.98 Å². The van der Waals surface area contributed by atoms with Crippen molar-refractivity contribution < 1.29 is 18.0 Å². The first-order valence-corrected chi connectivity index (χ1v) is 7.88. The summed E-state index contributed by atoms with van der Waals surface area (Å²) in [4.78, 5) is 18.2. The van der Waals surface area contributed by atoms with Crippen LogP contribution < -0.4 is 4.90 Å². The van der Waals surface area contributed by atoms with E-state index >= 15 is 0 Å². The number of hydrogen-bond acceptors (Lipinski definition) is 2. The predicted molar refractivity (Wildman–Crippen MR) is 92.6 cm³/mol. The van der Waals surface area contributed by atoms with Gasteiger partial charge in [0.1, 0.15) is 0 Å². The summed E-state index contributed by atoms with van der Waals surface area (Å²) in [6.07, 6.45) is -1.42. The van der Waals surface area contributed by atoms with E-state index in [4.69, 9.17) is 0 Å². The van der Waals surface area contributed by atoms with E-state index in [9.17, 15) is 18.0 Å². The van der Waals surface area contributed by atoms with Gasteiger partial charge in [0.05, 0.1) is 12.1 Å². The lowest BCUT2D eigenvalue weighted by molar-refractivity contribution is -0.137. The summed E-state index contributed by atoms with van der Waals surface area (Å²) < 4.78 is 38.4. The van der Waals surface area contributed by atoms with Crippen LogP contribution in [-0.2, 0) is 12.7 Å². The third-order valence-corrected chi connectivity index (χ3v) is 3.86. The highest BCUT2D eigenvalue weighted by Gasteiger charge is 2.30. The molecule has 0 unspecified atom stereocenters. The van der Waals surface area contributed by atoms with Crippen LogP contribution in [0.1, 0.15) is 21.5 Å². The molecule has 3 aromatic rings. The highest BCUT2D eigenvalue weighted by atomic mass is 19.4. The molecule has 0 N–H and O–H groups in total. The van der Waals surface area contributed by atoms with Gasteiger partial charge < -0.3 is 4.90 Å². The van der Waals surface area contributed by atoms with Crippen LogP contribution in [0.5, 0.6) is 0 Å². The third kappa shape index (κ3) is 4.08. The second kappa shape index (κ2) is 7.39. The number of nitrogens with zero attached hydrogens (tertiary/aromatic N) is 2. The second-order valence-corrected chi connectivity index (χ2v) is 5.66. The van der Waals surface area contributed by atoms with Gasteiger partial charge in [-0.3, -0.25) is 9.78 Å². The molecule has 0 atom stereocenters. The van der Waals surface area contributed by atoms with E-state index in [-0.39, 0.29) is 12.5 Å². The molecule has 1 amide bonds. The van der Waals surface area contributed by atoms with Gasteiger partial charge in [-0.25, -0.2) is 0 Å². The quantitative estimate of drug-likeness (QED) is 0.663. The van der Waals surface area contributed by atoms with Crippen LogP contribution in [-0.4, -0.2) is 10.9 Å². The monoisotopic (exact) mass is 356 g/mol. The van der Waals surface area contributed by atoms with Crippen molar-refractivity contribution in [2.24, 2.45) is 0 Å². The number of pyridine rings is 1. The van der Waals surface area contributed by atoms with E-state index < -0.39 is 11.7 Å². The Labute approximate surface area is 148 Å². The zero-order valence-electron chi connectivity index (χ0n) is 13.6. The van der Waals surface area contributed by atoms with E-state index in [2.05, 4.69) is 4.98 Å². The molecule has 0 aliphatic carbocycles. The number of halogens is 3. The highest BCUT2D eigenvalue weighted by molar-refractivity contribution is 6.05. The summed E-state index contributed by atoms with van der Waals surface area (Å²) in [5, 5.41) is 0. The minimum absolute atomic E-state index is 0.243. The van der Waals surface area contributed by atoms with E-state index in [1.165, 1.54) is 29.4 Å². The minimum Gasteiger partial charge on any atom is -0.304 e. The minimum atomic E-state index is -4.42. The Morgan fingerprint density at radius 3 is 2.08 bits per heavy atom. The fourth-order valence-corrected chi connectivity index (χ4v) is 2.53. The van der Waals surface area contributed by atoms with Gasteiger partial charge in [0, 0.05) is 23.6 Å². The van der Waals surface area contributed by atoms with Gasteiger partial charge in [-0.15, -0.1) is 0 Å². The van der Waals surface area contributed by atoms with E-state index in [0.717, 1.165) is 17.7 Å². The molecule has 0 radical (unpaired) electrons. The van der Waals surface area contributed by atoms with Gasteiger partial charge in [-0.1, -0.05) is 30.3 Å². The molecule has 2 aromatic carbocycles. The Kier molecular flexibility index (Phi) is 5.02. The van der Waals surface area contributed by atoms with Crippen LogP contribution in [0.3, 0.4) is 0 Å². The summed E-state index contributed by atoms with van der Waals surface area (Å²) >= 11 is 0. The second-order valence-electron chi connectivity index (χ2n) is 5.66. The smallest absolute Gasteiger partial charge is 0.304 e. The maximum Gasteiger partial charge on any atom is 0.416 e. The molecular formula is C20H15F3N2O. The Balaban J connectivity index is 1.96. The summed E-state index contributed by atoms with van der Waals surface area (Å²) in [7, 11) is 0. The first kappa shape index (κ1) is 17.7. The molecule has 132 valence electrons. The summed E-state index contributed by atoms with van der Waals surface area (Å²) in [5.41, 5.74) is 0.923. The average molecular weight is 356 g/mol. The van der Waals surface area contributed by atoms with Gasteiger partial charge >= 0.3 is 6.18 Å². The molecule has 1 heterocycles. The lowest BCUT2D eigenvalue weighted by atomic mass is 10.1. The van der Waals surface area contributed by atoms with Gasteiger partial charge in [0.2, 0.25) is 0 Å². The first-order valence-electron chi connectivity index (χ1n) is 7.88. The van der Waals surface area contributed by atoms with Crippen molar-refractivity contribution in [1.29, 1.82) is 0 Å². The molecule has 0 saturated carbocycles. The molecule has 26 heavy (non-hydrogen) atoms. The zero-order chi connectivity index (χ0) is 18.6. The molecule has 3 rings (SSSR count). The maximum absolute atomic E-state index is 12.9. The molecule has 3 nitrogen and oxygen atoms in total. The summed E-state index contributed by atoms with van der Waals surface area (Å²) in [5.74, 6) is -0.309. The van der Waals surface area contributed by atoms with Crippen LogP contribution in [0.15, 0.2) is 79.1 Å². The molecule has 0 fully saturated rings. The third-order valence-electron chi connectivity index (χ3n) is 3.86. The lowest BCUT2D eigenvalue weighted by Gasteiger charge is -2.23. The molecule has 0 aliphatic heterocycles. The standard InChI is InChI=1S/C20H15F3N2O/c21-20(22,23)17-6-8-18(9-7-17)25(14-15-4-2-1-3-5-15)19(26)16-10-12-24-13-11-16/h1-13H,14H2. The number of benzene rings is 2. The van der Waals surface area contributed by atoms with Gasteiger partial charge in [0.15, 0.2) is 0 Å². The first-order chi connectivity index (χ1) is 12.4. The van der Waals surface area contributed by atoms with Crippen LogP contribution in [0.4, 0.5) is 18.9 Å². The Bertz CT molecular complexity index is 863. The number of amides is 1. The molecule has 0 bridgehead atoms. The number of carbonyl (C=O) groups excluding carboxylic acids is 1. The number of carbonyl (C=O) groups is 1.